The summed E-state index contributed by atoms with van der Waals surface area (Å²) >= 11 is 1.55. The summed E-state index contributed by atoms with van der Waals surface area (Å²) in [6, 6.07) is 5.64. The van der Waals surface area contributed by atoms with Gasteiger partial charge in [-0.3, -0.25) is 9.59 Å². The van der Waals surface area contributed by atoms with E-state index < -0.39 is 0 Å². The smallest absolute Gasteiger partial charge is 0.229 e. The first-order valence-electron chi connectivity index (χ1n) is 9.06. The molecule has 0 bridgehead atoms. The number of carbonyl (C=O) groups excluding carboxylic acids is 2. The molecular formula is C20H25N3O2S. The number of aromatic nitrogens is 1. The minimum atomic E-state index is -0.0703. The summed E-state index contributed by atoms with van der Waals surface area (Å²) < 4.78 is 0. The van der Waals surface area contributed by atoms with E-state index in [9.17, 15) is 9.59 Å². The van der Waals surface area contributed by atoms with Gasteiger partial charge < -0.3 is 10.6 Å². The number of hydrogen-bond donors (Lipinski definition) is 2. The van der Waals surface area contributed by atoms with Crippen molar-refractivity contribution in [1.29, 1.82) is 0 Å². The first-order chi connectivity index (χ1) is 12.4. The van der Waals surface area contributed by atoms with E-state index in [0.717, 1.165) is 58.2 Å². The van der Waals surface area contributed by atoms with Crippen molar-refractivity contribution >= 4 is 34.5 Å². The lowest BCUT2D eigenvalue weighted by atomic mass is 10.1. The summed E-state index contributed by atoms with van der Waals surface area (Å²) in [5.74, 6) is 0.130. The van der Waals surface area contributed by atoms with Crippen LogP contribution in [0.3, 0.4) is 0 Å². The van der Waals surface area contributed by atoms with Gasteiger partial charge in [0, 0.05) is 22.2 Å². The molecule has 0 atom stereocenters. The van der Waals surface area contributed by atoms with Crippen LogP contribution in [0.2, 0.25) is 0 Å². The van der Waals surface area contributed by atoms with E-state index in [0.29, 0.717) is 6.42 Å². The number of anilines is 2. The summed E-state index contributed by atoms with van der Waals surface area (Å²) in [7, 11) is 0. The molecule has 1 aromatic carbocycles. The number of nitrogens with zero attached hydrogens (tertiary/aromatic N) is 1. The number of aryl methyl sites for hydroxylation is 3. The number of nitrogens with one attached hydrogen (secondary N) is 2. The van der Waals surface area contributed by atoms with Crippen molar-refractivity contribution in [2.75, 3.05) is 10.6 Å². The van der Waals surface area contributed by atoms with Crippen molar-refractivity contribution in [3.8, 4) is 0 Å². The van der Waals surface area contributed by atoms with E-state index in [1.165, 1.54) is 0 Å². The second kappa shape index (κ2) is 7.99. The van der Waals surface area contributed by atoms with Crippen molar-refractivity contribution in [3.05, 3.63) is 39.3 Å². The average molecular weight is 372 g/mol. The summed E-state index contributed by atoms with van der Waals surface area (Å²) in [4.78, 5) is 30.1. The topological polar surface area (TPSA) is 71.1 Å². The van der Waals surface area contributed by atoms with Crippen LogP contribution in [-0.2, 0) is 16.0 Å². The molecule has 0 spiro atoms. The van der Waals surface area contributed by atoms with E-state index >= 15 is 0 Å². The highest BCUT2D eigenvalue weighted by molar-refractivity contribution is 7.11. The highest BCUT2D eigenvalue weighted by atomic mass is 32.1. The Kier molecular flexibility index (Phi) is 5.71. The van der Waals surface area contributed by atoms with Gasteiger partial charge in [0.2, 0.25) is 11.8 Å². The van der Waals surface area contributed by atoms with E-state index in [-0.39, 0.29) is 17.7 Å². The zero-order valence-corrected chi connectivity index (χ0v) is 16.3. The molecule has 1 heterocycles. The lowest BCUT2D eigenvalue weighted by Crippen LogP contribution is -2.20. The van der Waals surface area contributed by atoms with Gasteiger partial charge in [-0.1, -0.05) is 18.9 Å². The van der Waals surface area contributed by atoms with Crippen molar-refractivity contribution in [2.45, 2.75) is 52.9 Å². The zero-order chi connectivity index (χ0) is 18.7. The predicted octanol–water partition coefficient (Wildman–Crippen LogP) is 4.38. The first-order valence-corrected chi connectivity index (χ1v) is 9.88. The summed E-state index contributed by atoms with van der Waals surface area (Å²) in [5.41, 5.74) is 3.34. The molecule has 1 saturated carbocycles. The van der Waals surface area contributed by atoms with Gasteiger partial charge in [-0.2, -0.15) is 0 Å². The van der Waals surface area contributed by atoms with Crippen LogP contribution in [0.15, 0.2) is 18.2 Å². The molecular weight excluding hydrogens is 346 g/mol. The lowest BCUT2D eigenvalue weighted by Gasteiger charge is -2.13. The third kappa shape index (κ3) is 4.49. The molecule has 1 aliphatic rings. The quantitative estimate of drug-likeness (QED) is 0.819. The van der Waals surface area contributed by atoms with Gasteiger partial charge in [0.1, 0.15) is 0 Å². The molecule has 2 N–H and O–H groups in total. The number of amides is 2. The Morgan fingerprint density at radius 2 is 1.88 bits per heavy atom. The Hall–Kier alpha value is -2.21. The molecule has 2 amide bonds. The fraction of sp³-hybridized carbons (Fsp3) is 0.450. The van der Waals surface area contributed by atoms with Gasteiger partial charge >= 0.3 is 0 Å². The van der Waals surface area contributed by atoms with Gasteiger partial charge in [-0.15, -0.1) is 11.3 Å². The van der Waals surface area contributed by atoms with Crippen LogP contribution < -0.4 is 10.6 Å². The molecule has 1 aliphatic carbocycles. The SMILES string of the molecule is Cc1nc(C)c(CC(=O)Nc2cc(NC(=O)C3CCCC3)ccc2C)s1. The largest absolute Gasteiger partial charge is 0.326 e. The van der Waals surface area contributed by atoms with Gasteiger partial charge in [0.15, 0.2) is 0 Å². The zero-order valence-electron chi connectivity index (χ0n) is 15.5. The fourth-order valence-electron chi connectivity index (χ4n) is 3.34. The Bertz CT molecular complexity index is 822. The fourth-order valence-corrected chi connectivity index (χ4v) is 4.28. The second-order valence-corrected chi connectivity index (χ2v) is 8.25. The van der Waals surface area contributed by atoms with Crippen LogP contribution in [0.1, 0.15) is 46.8 Å². The van der Waals surface area contributed by atoms with Crippen LogP contribution >= 0.6 is 11.3 Å². The molecule has 0 saturated heterocycles. The average Bonchev–Trinajstić information content (AvgIpc) is 3.21. The van der Waals surface area contributed by atoms with E-state index in [2.05, 4.69) is 15.6 Å². The van der Waals surface area contributed by atoms with E-state index in [1.54, 1.807) is 11.3 Å². The van der Waals surface area contributed by atoms with Gasteiger partial charge in [0.05, 0.1) is 17.1 Å². The van der Waals surface area contributed by atoms with Crippen LogP contribution in [-0.4, -0.2) is 16.8 Å². The number of rotatable bonds is 5. The lowest BCUT2D eigenvalue weighted by molar-refractivity contribution is -0.119. The van der Waals surface area contributed by atoms with Crippen LogP contribution in [0.5, 0.6) is 0 Å². The Labute approximate surface area is 158 Å². The Morgan fingerprint density at radius 3 is 2.54 bits per heavy atom. The predicted molar refractivity (Wildman–Crippen MR) is 106 cm³/mol. The molecule has 6 heteroatoms. The van der Waals surface area contributed by atoms with Crippen LogP contribution in [0, 0.1) is 26.7 Å². The third-order valence-corrected chi connectivity index (χ3v) is 5.90. The molecule has 0 radical (unpaired) electrons. The van der Waals surface area contributed by atoms with Crippen molar-refractivity contribution in [1.82, 2.24) is 4.98 Å². The van der Waals surface area contributed by atoms with E-state index in [4.69, 9.17) is 0 Å². The van der Waals surface area contributed by atoms with Crippen molar-refractivity contribution < 1.29 is 9.59 Å². The van der Waals surface area contributed by atoms with Crippen LogP contribution in [0.25, 0.3) is 0 Å². The van der Waals surface area contributed by atoms with E-state index in [1.807, 2.05) is 39.0 Å². The Morgan fingerprint density at radius 1 is 1.15 bits per heavy atom. The molecule has 138 valence electrons. The number of thiazole rings is 1. The minimum Gasteiger partial charge on any atom is -0.326 e. The molecule has 0 unspecified atom stereocenters. The summed E-state index contributed by atoms with van der Waals surface area (Å²) in [5, 5.41) is 6.93. The maximum absolute atomic E-state index is 12.4. The number of carbonyl (C=O) groups is 2. The molecule has 5 nitrogen and oxygen atoms in total. The van der Waals surface area contributed by atoms with Crippen molar-refractivity contribution in [2.24, 2.45) is 5.92 Å². The summed E-state index contributed by atoms with van der Waals surface area (Å²) in [6.07, 6.45) is 4.51. The maximum atomic E-state index is 12.4. The van der Waals surface area contributed by atoms with Gasteiger partial charge in [-0.25, -0.2) is 4.98 Å². The molecule has 0 aliphatic heterocycles. The highest BCUT2D eigenvalue weighted by Gasteiger charge is 2.22. The summed E-state index contributed by atoms with van der Waals surface area (Å²) in [6.45, 7) is 5.82. The molecule has 1 aromatic heterocycles. The molecule has 3 rings (SSSR count). The monoisotopic (exact) mass is 371 g/mol. The van der Waals surface area contributed by atoms with Crippen molar-refractivity contribution in [3.63, 3.8) is 0 Å². The van der Waals surface area contributed by atoms with Gasteiger partial charge in [0.25, 0.3) is 0 Å². The van der Waals surface area contributed by atoms with Crippen LogP contribution in [0.4, 0.5) is 11.4 Å². The minimum absolute atomic E-state index is 0.0703. The first kappa shape index (κ1) is 18.6. The number of hydrogen-bond acceptors (Lipinski definition) is 4. The molecule has 1 fully saturated rings. The molecule has 2 aromatic rings. The molecule has 26 heavy (non-hydrogen) atoms. The van der Waals surface area contributed by atoms with Gasteiger partial charge in [-0.05, 0) is 51.3 Å². The second-order valence-electron chi connectivity index (χ2n) is 6.97. The maximum Gasteiger partial charge on any atom is 0.229 e. The third-order valence-electron chi connectivity index (χ3n) is 4.83. The Balaban J connectivity index is 1.66. The highest BCUT2D eigenvalue weighted by Crippen LogP contribution is 2.27. The normalized spacial score (nSPS) is 14.4. The number of benzene rings is 1. The standard InChI is InChI=1S/C20H25N3O2S/c1-12-8-9-16(22-20(25)15-6-4-5-7-15)10-17(12)23-19(24)11-18-13(2)21-14(3)26-18/h8-10,15H,4-7,11H2,1-3H3,(H,22,25)(H,23,24).